The average Bonchev–Trinajstić information content (AvgIpc) is 3.59. The lowest BCUT2D eigenvalue weighted by molar-refractivity contribution is -0.140. The quantitative estimate of drug-likeness (QED) is 0.841. The fourth-order valence-electron chi connectivity index (χ4n) is 6.43. The van der Waals surface area contributed by atoms with Gasteiger partial charge in [-0.05, 0) is 69.6 Å². The number of carbonyl (C=O) groups excluding carboxylic acids is 2. The van der Waals surface area contributed by atoms with Gasteiger partial charge in [-0.2, -0.15) is 0 Å². The SMILES string of the molecule is Cc1noc(C)c1C(=O)N1CC(CC(=O)NC2C3(CC3)C23CC3)OCC12CCC2. The van der Waals surface area contributed by atoms with E-state index in [0.717, 1.165) is 19.3 Å². The smallest absolute Gasteiger partial charge is 0.260 e. The molecule has 7 heteroatoms. The van der Waals surface area contributed by atoms with E-state index in [1.165, 1.54) is 25.7 Å². The Labute approximate surface area is 170 Å². The Kier molecular flexibility index (Phi) is 3.48. The molecule has 5 aliphatic rings. The first-order valence-electron chi connectivity index (χ1n) is 11.1. The number of aromatic nitrogens is 1. The van der Waals surface area contributed by atoms with Crippen molar-refractivity contribution in [1.82, 2.24) is 15.4 Å². The van der Waals surface area contributed by atoms with Crippen LogP contribution in [0.3, 0.4) is 0 Å². The Morgan fingerprint density at radius 1 is 1.14 bits per heavy atom. The third-order valence-corrected chi connectivity index (χ3v) is 8.63. The third-order valence-electron chi connectivity index (χ3n) is 8.63. The lowest BCUT2D eigenvalue weighted by atomic mass is 9.74. The molecule has 0 radical (unpaired) electrons. The largest absolute Gasteiger partial charge is 0.373 e. The van der Waals surface area contributed by atoms with Crippen molar-refractivity contribution >= 4 is 11.8 Å². The zero-order valence-corrected chi connectivity index (χ0v) is 17.3. The number of carbonyl (C=O) groups is 2. The molecule has 1 aromatic heterocycles. The van der Waals surface area contributed by atoms with Crippen molar-refractivity contribution in [2.75, 3.05) is 13.2 Å². The summed E-state index contributed by atoms with van der Waals surface area (Å²) in [5.41, 5.74) is 1.87. The zero-order valence-electron chi connectivity index (χ0n) is 17.3. The maximum Gasteiger partial charge on any atom is 0.260 e. The number of nitrogens with zero attached hydrogens (tertiary/aromatic N) is 2. The van der Waals surface area contributed by atoms with E-state index in [0.29, 0.717) is 53.5 Å². The van der Waals surface area contributed by atoms with Gasteiger partial charge < -0.3 is 19.5 Å². The highest BCUT2D eigenvalue weighted by Crippen LogP contribution is 2.88. The Hall–Kier alpha value is -1.89. The summed E-state index contributed by atoms with van der Waals surface area (Å²) in [4.78, 5) is 28.1. The Bertz CT molecular complexity index is 856. The number of amides is 2. The van der Waals surface area contributed by atoms with Crippen molar-refractivity contribution in [3.63, 3.8) is 0 Å². The average molecular weight is 399 g/mol. The molecule has 1 aliphatic heterocycles. The van der Waals surface area contributed by atoms with Gasteiger partial charge in [0.2, 0.25) is 5.91 Å². The number of aryl methyl sites for hydroxylation is 2. The summed E-state index contributed by atoms with van der Waals surface area (Å²) in [6.07, 6.45) is 8.19. The highest BCUT2D eigenvalue weighted by molar-refractivity contribution is 5.96. The van der Waals surface area contributed by atoms with Crippen LogP contribution in [-0.4, -0.2) is 52.7 Å². The lowest BCUT2D eigenvalue weighted by Gasteiger charge is -2.54. The van der Waals surface area contributed by atoms with Crippen LogP contribution in [0.25, 0.3) is 0 Å². The second kappa shape index (κ2) is 5.62. The topological polar surface area (TPSA) is 84.7 Å². The molecule has 7 nitrogen and oxygen atoms in total. The minimum atomic E-state index is -0.255. The second-order valence-corrected chi connectivity index (χ2v) is 10.1. The molecular weight excluding hydrogens is 370 g/mol. The summed E-state index contributed by atoms with van der Waals surface area (Å²) >= 11 is 0. The first-order valence-corrected chi connectivity index (χ1v) is 11.1. The van der Waals surface area contributed by atoms with Crippen molar-refractivity contribution in [3.8, 4) is 0 Å². The van der Waals surface area contributed by atoms with E-state index in [2.05, 4.69) is 10.5 Å². The van der Waals surface area contributed by atoms with Crippen LogP contribution in [0.5, 0.6) is 0 Å². The highest BCUT2D eigenvalue weighted by atomic mass is 16.5. The summed E-state index contributed by atoms with van der Waals surface area (Å²) in [5.74, 6) is 0.594. The number of hydrogen-bond donors (Lipinski definition) is 1. The summed E-state index contributed by atoms with van der Waals surface area (Å²) in [6.45, 7) is 4.55. The van der Waals surface area contributed by atoms with Gasteiger partial charge in [0.25, 0.3) is 5.91 Å². The maximum atomic E-state index is 13.4. The second-order valence-electron chi connectivity index (χ2n) is 10.1. The fourth-order valence-corrected chi connectivity index (χ4v) is 6.43. The van der Waals surface area contributed by atoms with Crippen LogP contribution in [-0.2, 0) is 9.53 Å². The highest BCUT2D eigenvalue weighted by Gasteiger charge is 2.87. The molecule has 3 spiro atoms. The van der Waals surface area contributed by atoms with Gasteiger partial charge in [-0.15, -0.1) is 0 Å². The standard InChI is InChI=1S/C22H29N3O4/c1-13-17(14(2)29-24-13)18(27)25-11-15(28-12-20(25)4-3-5-20)10-16(26)23-19-21(6-7-21)22(19)8-9-22/h15,19H,3-12H2,1-2H3,(H,23,26). The molecule has 4 aliphatic carbocycles. The van der Waals surface area contributed by atoms with Crippen molar-refractivity contribution in [2.24, 2.45) is 10.8 Å². The monoisotopic (exact) mass is 399 g/mol. The number of fused-ring (bicyclic) bond motifs is 1. The molecule has 6 rings (SSSR count). The van der Waals surface area contributed by atoms with Gasteiger partial charge in [0.1, 0.15) is 11.3 Å². The Balaban J connectivity index is 1.15. The minimum Gasteiger partial charge on any atom is -0.373 e. The predicted molar refractivity (Wildman–Crippen MR) is 103 cm³/mol. The van der Waals surface area contributed by atoms with Gasteiger partial charge in [-0.1, -0.05) is 5.16 Å². The third kappa shape index (κ3) is 2.36. The first-order chi connectivity index (χ1) is 13.9. The summed E-state index contributed by atoms with van der Waals surface area (Å²) in [6, 6.07) is 0.393. The van der Waals surface area contributed by atoms with Crippen LogP contribution in [0, 0.1) is 24.7 Å². The first kappa shape index (κ1) is 17.9. The molecule has 1 atom stereocenters. The zero-order chi connectivity index (χ0) is 20.0. The van der Waals surface area contributed by atoms with Crippen LogP contribution in [0.4, 0.5) is 0 Å². The Morgan fingerprint density at radius 3 is 2.34 bits per heavy atom. The van der Waals surface area contributed by atoms with E-state index < -0.39 is 0 Å². The van der Waals surface area contributed by atoms with Crippen molar-refractivity contribution in [1.29, 1.82) is 0 Å². The van der Waals surface area contributed by atoms with Crippen molar-refractivity contribution < 1.29 is 18.8 Å². The maximum absolute atomic E-state index is 13.4. The molecule has 0 aromatic carbocycles. The molecule has 0 bridgehead atoms. The van der Waals surface area contributed by atoms with E-state index in [4.69, 9.17) is 9.26 Å². The van der Waals surface area contributed by atoms with Gasteiger partial charge in [0.05, 0.1) is 30.4 Å². The molecule has 1 N–H and O–H groups in total. The van der Waals surface area contributed by atoms with Crippen LogP contribution in [0.15, 0.2) is 4.52 Å². The molecule has 156 valence electrons. The van der Waals surface area contributed by atoms with E-state index in [1.54, 1.807) is 13.8 Å². The van der Waals surface area contributed by atoms with Crippen LogP contribution < -0.4 is 5.32 Å². The number of rotatable bonds is 4. The normalized spacial score (nSPS) is 29.7. The molecule has 1 aromatic rings. The molecule has 2 amide bonds. The van der Waals surface area contributed by atoms with E-state index in [-0.39, 0.29) is 23.5 Å². The number of nitrogens with one attached hydrogen (secondary N) is 1. The van der Waals surface area contributed by atoms with Crippen LogP contribution in [0.2, 0.25) is 0 Å². The molecule has 1 unspecified atom stereocenters. The van der Waals surface area contributed by atoms with Crippen LogP contribution in [0.1, 0.15) is 73.2 Å². The van der Waals surface area contributed by atoms with Crippen molar-refractivity contribution in [3.05, 3.63) is 17.0 Å². The number of morpholine rings is 1. The van der Waals surface area contributed by atoms with E-state index >= 15 is 0 Å². The molecular formula is C22H29N3O4. The van der Waals surface area contributed by atoms with Crippen LogP contribution >= 0.6 is 0 Å². The minimum absolute atomic E-state index is 0.0364. The molecule has 1 saturated heterocycles. The van der Waals surface area contributed by atoms with Gasteiger partial charge in [0, 0.05) is 12.6 Å². The van der Waals surface area contributed by atoms with Crippen molar-refractivity contribution in [2.45, 2.75) is 82.9 Å². The van der Waals surface area contributed by atoms with Gasteiger partial charge in [-0.3, -0.25) is 9.59 Å². The fraction of sp³-hybridized carbons (Fsp3) is 0.773. The van der Waals surface area contributed by atoms with Gasteiger partial charge in [-0.25, -0.2) is 0 Å². The number of hydrogen-bond acceptors (Lipinski definition) is 5. The summed E-state index contributed by atoms with van der Waals surface area (Å²) < 4.78 is 11.3. The number of ether oxygens (including phenoxy) is 1. The Morgan fingerprint density at radius 2 is 1.83 bits per heavy atom. The van der Waals surface area contributed by atoms with E-state index in [1.807, 2.05) is 4.90 Å². The summed E-state index contributed by atoms with van der Waals surface area (Å²) in [7, 11) is 0. The summed E-state index contributed by atoms with van der Waals surface area (Å²) in [5, 5.41) is 7.25. The molecule has 29 heavy (non-hydrogen) atoms. The molecule has 2 heterocycles. The molecule has 4 saturated carbocycles. The predicted octanol–water partition coefficient (Wildman–Crippen LogP) is 2.50. The van der Waals surface area contributed by atoms with Gasteiger partial charge in [0.15, 0.2) is 0 Å². The van der Waals surface area contributed by atoms with E-state index in [9.17, 15) is 9.59 Å². The van der Waals surface area contributed by atoms with Gasteiger partial charge >= 0.3 is 0 Å². The lowest BCUT2D eigenvalue weighted by Crippen LogP contribution is -2.65. The molecule has 5 fully saturated rings.